The van der Waals surface area contributed by atoms with E-state index in [4.69, 9.17) is 6.42 Å². The molecule has 0 amide bonds. The van der Waals surface area contributed by atoms with Crippen LogP contribution in [-0.4, -0.2) is 4.57 Å². The lowest BCUT2D eigenvalue weighted by Crippen LogP contribution is -2.01. The number of hydrogen-bond donors (Lipinski definition) is 0. The van der Waals surface area contributed by atoms with Crippen LogP contribution in [0, 0.1) is 18.2 Å². The van der Waals surface area contributed by atoms with E-state index in [-0.39, 0.29) is 11.2 Å². The quantitative estimate of drug-likeness (QED) is 0.642. The van der Waals surface area contributed by atoms with Crippen LogP contribution in [-0.2, 0) is 12.5 Å². The molecule has 1 heterocycles. The molecule has 3 rings (SSSR count). The molecule has 0 saturated heterocycles. The number of terminal acetylenes is 1. The van der Waals surface area contributed by atoms with E-state index < -0.39 is 0 Å². The average Bonchev–Trinajstić information content (AvgIpc) is 3.00. The van der Waals surface area contributed by atoms with Crippen molar-refractivity contribution in [2.24, 2.45) is 7.05 Å². The van der Waals surface area contributed by atoms with Gasteiger partial charge >= 0.3 is 0 Å². The molecule has 1 aliphatic carbocycles. The number of rotatable bonds is 1. The van der Waals surface area contributed by atoms with Crippen molar-refractivity contribution >= 4 is 10.9 Å². The van der Waals surface area contributed by atoms with E-state index in [0.29, 0.717) is 5.39 Å². The fourth-order valence-corrected chi connectivity index (χ4v) is 2.38. The summed E-state index contributed by atoms with van der Waals surface area (Å²) < 4.78 is 15.8. The highest BCUT2D eigenvalue weighted by atomic mass is 19.1. The molecule has 1 aromatic heterocycles. The van der Waals surface area contributed by atoms with Crippen LogP contribution in [0.15, 0.2) is 24.4 Å². The predicted molar refractivity (Wildman–Crippen MR) is 62.6 cm³/mol. The average molecular weight is 213 g/mol. The number of fused-ring (bicyclic) bond motifs is 1. The topological polar surface area (TPSA) is 4.93 Å². The monoisotopic (exact) mass is 213 g/mol. The van der Waals surface area contributed by atoms with E-state index in [1.165, 1.54) is 6.07 Å². The molecular weight excluding hydrogens is 201 g/mol. The van der Waals surface area contributed by atoms with E-state index >= 15 is 0 Å². The Labute approximate surface area is 93.9 Å². The molecule has 2 heteroatoms. The summed E-state index contributed by atoms with van der Waals surface area (Å²) >= 11 is 0. The van der Waals surface area contributed by atoms with Gasteiger partial charge in [0, 0.05) is 18.6 Å². The van der Waals surface area contributed by atoms with Gasteiger partial charge in [0.2, 0.25) is 0 Å². The smallest absolute Gasteiger partial charge is 0.132 e. The fourth-order valence-electron chi connectivity index (χ4n) is 2.38. The van der Waals surface area contributed by atoms with Crippen LogP contribution < -0.4 is 0 Å². The molecule has 1 nitrogen and oxygen atoms in total. The molecule has 16 heavy (non-hydrogen) atoms. The summed E-state index contributed by atoms with van der Waals surface area (Å²) in [6.07, 6.45) is 9.48. The molecule has 1 saturated carbocycles. The minimum absolute atomic E-state index is 0.172. The van der Waals surface area contributed by atoms with E-state index in [9.17, 15) is 4.39 Å². The fraction of sp³-hybridized carbons (Fsp3) is 0.286. The number of hydrogen-bond acceptors (Lipinski definition) is 0. The molecule has 0 bridgehead atoms. The third kappa shape index (κ3) is 1.06. The van der Waals surface area contributed by atoms with Crippen molar-refractivity contribution in [2.75, 3.05) is 0 Å². The van der Waals surface area contributed by atoms with Crippen LogP contribution in [0.2, 0.25) is 0 Å². The molecular formula is C14H12FN. The van der Waals surface area contributed by atoms with Gasteiger partial charge < -0.3 is 4.57 Å². The van der Waals surface area contributed by atoms with Crippen LogP contribution in [0.5, 0.6) is 0 Å². The Morgan fingerprint density at radius 1 is 1.44 bits per heavy atom. The summed E-state index contributed by atoms with van der Waals surface area (Å²) in [5, 5.41) is 0.695. The lowest BCUT2D eigenvalue weighted by molar-refractivity contribution is 0.638. The van der Waals surface area contributed by atoms with Crippen LogP contribution in [0.3, 0.4) is 0 Å². The van der Waals surface area contributed by atoms with Gasteiger partial charge in [0.1, 0.15) is 5.82 Å². The number of halogens is 1. The molecule has 1 fully saturated rings. The van der Waals surface area contributed by atoms with Gasteiger partial charge in [0.15, 0.2) is 0 Å². The third-order valence-corrected chi connectivity index (χ3v) is 3.51. The molecule has 0 aliphatic heterocycles. The first-order valence-corrected chi connectivity index (χ1v) is 5.40. The number of nitrogens with zero attached hydrogens (tertiary/aromatic N) is 1. The Hall–Kier alpha value is -1.75. The molecule has 0 radical (unpaired) electrons. The zero-order chi connectivity index (χ0) is 11.3. The van der Waals surface area contributed by atoms with E-state index in [1.807, 2.05) is 23.9 Å². The first kappa shape index (κ1) is 9.47. The Morgan fingerprint density at radius 3 is 2.81 bits per heavy atom. The molecule has 0 N–H and O–H groups in total. The summed E-state index contributed by atoms with van der Waals surface area (Å²) in [6, 6.07) is 5.16. The zero-order valence-electron chi connectivity index (χ0n) is 9.13. The summed E-state index contributed by atoms with van der Waals surface area (Å²) in [6.45, 7) is 0. The van der Waals surface area contributed by atoms with Gasteiger partial charge in [0.25, 0.3) is 0 Å². The van der Waals surface area contributed by atoms with E-state index in [0.717, 1.165) is 23.9 Å². The lowest BCUT2D eigenvalue weighted by Gasteiger charge is -2.05. The maximum Gasteiger partial charge on any atom is 0.132 e. The largest absolute Gasteiger partial charge is 0.350 e. The van der Waals surface area contributed by atoms with Gasteiger partial charge in [-0.1, -0.05) is 12.0 Å². The highest BCUT2D eigenvalue weighted by molar-refractivity contribution is 5.87. The van der Waals surface area contributed by atoms with Gasteiger partial charge in [-0.15, -0.1) is 6.42 Å². The summed E-state index contributed by atoms with van der Waals surface area (Å²) in [5.74, 6) is 2.65. The van der Waals surface area contributed by atoms with Gasteiger partial charge in [-0.05, 0) is 30.5 Å². The minimum atomic E-state index is -0.207. The van der Waals surface area contributed by atoms with Crippen molar-refractivity contribution in [1.82, 2.24) is 4.57 Å². The number of aromatic nitrogens is 1. The van der Waals surface area contributed by atoms with Gasteiger partial charge in [-0.25, -0.2) is 4.39 Å². The number of aryl methyl sites for hydroxylation is 1. The second-order valence-corrected chi connectivity index (χ2v) is 4.51. The molecule has 80 valence electrons. The number of benzene rings is 1. The Kier molecular flexibility index (Phi) is 1.71. The first-order chi connectivity index (χ1) is 7.68. The Bertz CT molecular complexity index is 611. The maximum absolute atomic E-state index is 13.9. The summed E-state index contributed by atoms with van der Waals surface area (Å²) in [4.78, 5) is 0. The van der Waals surface area contributed by atoms with Gasteiger partial charge in [0.05, 0.1) is 10.9 Å². The molecule has 0 unspecified atom stereocenters. The minimum Gasteiger partial charge on any atom is -0.350 e. The highest BCUT2D eigenvalue weighted by Gasteiger charge is 2.44. The third-order valence-electron chi connectivity index (χ3n) is 3.51. The predicted octanol–water partition coefficient (Wildman–Crippen LogP) is 2.98. The molecule has 1 aromatic carbocycles. The van der Waals surface area contributed by atoms with Crippen molar-refractivity contribution < 1.29 is 4.39 Å². The molecule has 0 spiro atoms. The summed E-state index contributed by atoms with van der Waals surface area (Å²) in [7, 11) is 1.93. The molecule has 2 aromatic rings. The van der Waals surface area contributed by atoms with Crippen LogP contribution in [0.25, 0.3) is 10.9 Å². The van der Waals surface area contributed by atoms with Gasteiger partial charge in [-0.2, -0.15) is 0 Å². The van der Waals surface area contributed by atoms with Crippen LogP contribution in [0.4, 0.5) is 4.39 Å². The Morgan fingerprint density at radius 2 is 2.19 bits per heavy atom. The van der Waals surface area contributed by atoms with Crippen molar-refractivity contribution in [3.8, 4) is 12.3 Å². The maximum atomic E-state index is 13.9. The first-order valence-electron chi connectivity index (χ1n) is 5.40. The van der Waals surface area contributed by atoms with E-state index in [2.05, 4.69) is 5.92 Å². The van der Waals surface area contributed by atoms with Crippen molar-refractivity contribution in [1.29, 1.82) is 0 Å². The van der Waals surface area contributed by atoms with Crippen molar-refractivity contribution in [3.63, 3.8) is 0 Å². The normalized spacial score (nSPS) is 17.3. The molecule has 0 atom stereocenters. The lowest BCUT2D eigenvalue weighted by atomic mass is 9.96. The Balaban J connectivity index is 2.39. The van der Waals surface area contributed by atoms with Crippen molar-refractivity contribution in [3.05, 3.63) is 35.8 Å². The second-order valence-electron chi connectivity index (χ2n) is 4.51. The molecule has 1 aliphatic rings. The summed E-state index contributed by atoms with van der Waals surface area (Å²) in [5.41, 5.74) is 1.68. The van der Waals surface area contributed by atoms with Crippen molar-refractivity contribution in [2.45, 2.75) is 18.3 Å². The zero-order valence-corrected chi connectivity index (χ0v) is 9.13. The SMILES string of the molecule is C#CC1(c2cn(C)c3cccc(F)c23)CC1. The van der Waals surface area contributed by atoms with Crippen LogP contribution in [0.1, 0.15) is 18.4 Å². The van der Waals surface area contributed by atoms with E-state index in [1.54, 1.807) is 6.07 Å². The second kappa shape index (κ2) is 2.89. The standard InChI is InChI=1S/C14H12FN/c1-3-14(7-8-14)10-9-16(2)12-6-4-5-11(15)13(10)12/h1,4-6,9H,7-8H2,2H3. The highest BCUT2D eigenvalue weighted by Crippen LogP contribution is 2.50. The van der Waals surface area contributed by atoms with Crippen LogP contribution >= 0.6 is 0 Å². The van der Waals surface area contributed by atoms with Gasteiger partial charge in [-0.3, -0.25) is 0 Å².